The number of amides is 1. The van der Waals surface area contributed by atoms with Crippen molar-refractivity contribution in [1.29, 1.82) is 0 Å². The summed E-state index contributed by atoms with van der Waals surface area (Å²) in [5.41, 5.74) is 2.99. The van der Waals surface area contributed by atoms with Crippen LogP contribution in [0.15, 0.2) is 34.9 Å². The molecule has 0 unspecified atom stereocenters. The van der Waals surface area contributed by atoms with E-state index in [-0.39, 0.29) is 5.91 Å². The lowest BCUT2D eigenvalue weighted by molar-refractivity contribution is 0.102. The van der Waals surface area contributed by atoms with Crippen LogP contribution in [-0.2, 0) is 0 Å². The number of nitrogens with one attached hydrogen (secondary N) is 1. The quantitative estimate of drug-likeness (QED) is 0.726. The first-order valence-electron chi connectivity index (χ1n) is 7.01. The Morgan fingerprint density at radius 1 is 1.22 bits per heavy atom. The molecule has 2 heterocycles. The lowest BCUT2D eigenvalue weighted by Crippen LogP contribution is -2.14. The second-order valence-electron chi connectivity index (χ2n) is 5.16. The van der Waals surface area contributed by atoms with Crippen LogP contribution in [0.25, 0.3) is 5.69 Å². The Kier molecular flexibility index (Phi) is 4.32. The summed E-state index contributed by atoms with van der Waals surface area (Å²) in [5, 5.41) is 7.94. The first kappa shape index (κ1) is 15.9. The number of hydrogen-bond donors (Lipinski definition) is 1. The van der Waals surface area contributed by atoms with E-state index in [0.29, 0.717) is 16.4 Å². The summed E-state index contributed by atoms with van der Waals surface area (Å²) >= 11 is 4.87. The van der Waals surface area contributed by atoms with Crippen LogP contribution in [0.3, 0.4) is 0 Å². The minimum absolute atomic E-state index is 0.183. The van der Waals surface area contributed by atoms with Crippen molar-refractivity contribution in [3.05, 3.63) is 56.8 Å². The zero-order chi connectivity index (χ0) is 16.6. The highest BCUT2D eigenvalue weighted by Crippen LogP contribution is 2.22. The van der Waals surface area contributed by atoms with Crippen molar-refractivity contribution in [1.82, 2.24) is 14.8 Å². The maximum absolute atomic E-state index is 12.6. The Hall–Kier alpha value is -1.99. The Labute approximate surface area is 146 Å². The molecule has 0 spiro atoms. The van der Waals surface area contributed by atoms with Crippen LogP contribution < -0.4 is 5.32 Å². The number of thiazole rings is 1. The fourth-order valence-corrected chi connectivity index (χ4v) is 3.30. The monoisotopic (exact) mass is 390 g/mol. The maximum Gasteiger partial charge on any atom is 0.261 e. The maximum atomic E-state index is 12.6. The molecular weight excluding hydrogens is 376 g/mol. The lowest BCUT2D eigenvalue weighted by atomic mass is 10.2. The molecule has 0 aliphatic heterocycles. The van der Waals surface area contributed by atoms with E-state index in [1.807, 2.05) is 45.0 Å². The Balaban J connectivity index is 1.94. The third-order valence-electron chi connectivity index (χ3n) is 3.43. The summed E-state index contributed by atoms with van der Waals surface area (Å²) in [6.07, 6.45) is 1.74. The molecule has 0 bridgehead atoms. The number of anilines is 1. The SMILES string of the molecule is Cc1cnc(NC(=O)c2c(C)nn(-c3ccc(Br)cc3)c2C)s1. The third-order valence-corrected chi connectivity index (χ3v) is 4.79. The van der Waals surface area contributed by atoms with E-state index < -0.39 is 0 Å². The molecule has 7 heteroatoms. The molecule has 23 heavy (non-hydrogen) atoms. The van der Waals surface area contributed by atoms with E-state index in [1.165, 1.54) is 11.3 Å². The number of halogens is 1. The molecule has 0 aliphatic carbocycles. The molecule has 0 fully saturated rings. The van der Waals surface area contributed by atoms with Crippen molar-refractivity contribution < 1.29 is 4.79 Å². The summed E-state index contributed by atoms with van der Waals surface area (Å²) in [6.45, 7) is 5.68. The minimum Gasteiger partial charge on any atom is -0.298 e. The number of carbonyl (C=O) groups excluding carboxylic acids is 1. The van der Waals surface area contributed by atoms with Gasteiger partial charge in [-0.3, -0.25) is 10.1 Å². The van der Waals surface area contributed by atoms with E-state index in [4.69, 9.17) is 0 Å². The zero-order valence-electron chi connectivity index (χ0n) is 12.9. The molecule has 0 aliphatic rings. The number of carbonyl (C=O) groups is 1. The molecule has 1 amide bonds. The van der Waals surface area contributed by atoms with E-state index in [9.17, 15) is 4.79 Å². The standard InChI is InChI=1S/C16H15BrN4OS/c1-9-8-18-16(23-9)19-15(22)14-10(2)20-21(11(14)3)13-6-4-12(17)5-7-13/h4-8H,1-3H3,(H,18,19,22). The molecule has 0 saturated carbocycles. The van der Waals surface area contributed by atoms with Crippen LogP contribution in [0.2, 0.25) is 0 Å². The Morgan fingerprint density at radius 3 is 2.52 bits per heavy atom. The zero-order valence-corrected chi connectivity index (χ0v) is 15.3. The van der Waals surface area contributed by atoms with Gasteiger partial charge in [-0.2, -0.15) is 5.10 Å². The van der Waals surface area contributed by atoms with Gasteiger partial charge in [-0.25, -0.2) is 9.67 Å². The summed E-state index contributed by atoms with van der Waals surface area (Å²) in [7, 11) is 0. The molecule has 0 atom stereocenters. The van der Waals surface area contributed by atoms with Crippen molar-refractivity contribution >= 4 is 38.3 Å². The van der Waals surface area contributed by atoms with Gasteiger partial charge < -0.3 is 0 Å². The molecule has 3 aromatic rings. The number of benzene rings is 1. The number of hydrogen-bond acceptors (Lipinski definition) is 4. The molecule has 118 valence electrons. The topological polar surface area (TPSA) is 59.8 Å². The normalized spacial score (nSPS) is 10.8. The van der Waals surface area contributed by atoms with Crippen molar-refractivity contribution in [2.45, 2.75) is 20.8 Å². The highest BCUT2D eigenvalue weighted by molar-refractivity contribution is 9.10. The average Bonchev–Trinajstić information content (AvgIpc) is 3.03. The van der Waals surface area contributed by atoms with Crippen LogP contribution in [0, 0.1) is 20.8 Å². The van der Waals surface area contributed by atoms with E-state index in [1.54, 1.807) is 10.9 Å². The number of aryl methyl sites for hydroxylation is 2. The smallest absolute Gasteiger partial charge is 0.261 e. The van der Waals surface area contributed by atoms with Crippen molar-refractivity contribution in [3.8, 4) is 5.69 Å². The van der Waals surface area contributed by atoms with Crippen LogP contribution in [0.4, 0.5) is 5.13 Å². The first-order chi connectivity index (χ1) is 11.0. The lowest BCUT2D eigenvalue weighted by Gasteiger charge is -2.05. The van der Waals surface area contributed by atoms with Gasteiger partial charge in [0.2, 0.25) is 0 Å². The van der Waals surface area contributed by atoms with Crippen molar-refractivity contribution in [3.63, 3.8) is 0 Å². The van der Waals surface area contributed by atoms with Gasteiger partial charge in [0.1, 0.15) is 0 Å². The molecular formula is C16H15BrN4OS. The highest BCUT2D eigenvalue weighted by Gasteiger charge is 2.20. The number of nitrogens with zero attached hydrogens (tertiary/aromatic N) is 3. The van der Waals surface area contributed by atoms with Crippen LogP contribution in [-0.4, -0.2) is 20.7 Å². The summed E-state index contributed by atoms with van der Waals surface area (Å²) in [4.78, 5) is 17.8. The van der Waals surface area contributed by atoms with Gasteiger partial charge in [0.15, 0.2) is 5.13 Å². The Morgan fingerprint density at radius 2 is 1.91 bits per heavy atom. The van der Waals surface area contributed by atoms with E-state index in [0.717, 1.165) is 20.7 Å². The van der Waals surface area contributed by atoms with Gasteiger partial charge in [-0.1, -0.05) is 15.9 Å². The fraction of sp³-hybridized carbons (Fsp3) is 0.188. The minimum atomic E-state index is -0.183. The average molecular weight is 391 g/mol. The Bertz CT molecular complexity index is 867. The second kappa shape index (κ2) is 6.25. The molecule has 2 aromatic heterocycles. The van der Waals surface area contributed by atoms with Crippen LogP contribution in [0.1, 0.15) is 26.6 Å². The predicted molar refractivity (Wildman–Crippen MR) is 95.5 cm³/mol. The van der Waals surface area contributed by atoms with Crippen molar-refractivity contribution in [2.24, 2.45) is 0 Å². The summed E-state index contributed by atoms with van der Waals surface area (Å²) < 4.78 is 2.78. The molecule has 3 rings (SSSR count). The second-order valence-corrected chi connectivity index (χ2v) is 7.31. The molecule has 5 nitrogen and oxygen atoms in total. The molecule has 1 N–H and O–H groups in total. The van der Waals surface area contributed by atoms with E-state index in [2.05, 4.69) is 31.3 Å². The summed E-state index contributed by atoms with van der Waals surface area (Å²) in [6, 6.07) is 7.80. The molecule has 0 saturated heterocycles. The van der Waals surface area contributed by atoms with Crippen LogP contribution >= 0.6 is 27.3 Å². The number of aromatic nitrogens is 3. The van der Waals surface area contributed by atoms with Gasteiger partial charge in [0, 0.05) is 15.5 Å². The van der Waals surface area contributed by atoms with Crippen LogP contribution in [0.5, 0.6) is 0 Å². The van der Waals surface area contributed by atoms with Crippen molar-refractivity contribution in [2.75, 3.05) is 5.32 Å². The van der Waals surface area contributed by atoms with Gasteiger partial charge in [-0.05, 0) is 45.0 Å². The van der Waals surface area contributed by atoms with Gasteiger partial charge in [0.25, 0.3) is 5.91 Å². The molecule has 1 aromatic carbocycles. The van der Waals surface area contributed by atoms with Gasteiger partial charge >= 0.3 is 0 Å². The third kappa shape index (κ3) is 3.20. The van der Waals surface area contributed by atoms with Gasteiger partial charge in [0.05, 0.1) is 22.6 Å². The number of rotatable bonds is 3. The highest BCUT2D eigenvalue weighted by atomic mass is 79.9. The predicted octanol–water partition coefficient (Wildman–Crippen LogP) is 4.27. The van der Waals surface area contributed by atoms with Gasteiger partial charge in [-0.15, -0.1) is 11.3 Å². The first-order valence-corrected chi connectivity index (χ1v) is 8.62. The molecule has 0 radical (unpaired) electrons. The summed E-state index contributed by atoms with van der Waals surface area (Å²) in [5.74, 6) is -0.183. The van der Waals surface area contributed by atoms with E-state index >= 15 is 0 Å². The largest absolute Gasteiger partial charge is 0.298 e. The fourth-order valence-electron chi connectivity index (χ4n) is 2.38.